The Morgan fingerprint density at radius 3 is 2.48 bits per heavy atom. The summed E-state index contributed by atoms with van der Waals surface area (Å²) in [5.41, 5.74) is 0.959. The van der Waals surface area contributed by atoms with E-state index in [1.165, 1.54) is 4.90 Å². The third-order valence-electron chi connectivity index (χ3n) is 6.17. The van der Waals surface area contributed by atoms with Gasteiger partial charge in [0.2, 0.25) is 5.91 Å². The summed E-state index contributed by atoms with van der Waals surface area (Å²) in [6, 6.07) is 4.12. The summed E-state index contributed by atoms with van der Waals surface area (Å²) in [4.78, 5) is 39.6. The minimum atomic E-state index is -0.993. The second-order valence-corrected chi connectivity index (χ2v) is 7.78. The molecular formula is C20H26N2O5. The summed E-state index contributed by atoms with van der Waals surface area (Å²) in [5.74, 6) is -1.09. The van der Waals surface area contributed by atoms with Gasteiger partial charge in [-0.2, -0.15) is 0 Å². The fourth-order valence-electron chi connectivity index (χ4n) is 4.15. The summed E-state index contributed by atoms with van der Waals surface area (Å²) in [5, 5.41) is 19.1. The van der Waals surface area contributed by atoms with Gasteiger partial charge in [0.15, 0.2) is 0 Å². The van der Waals surface area contributed by atoms with E-state index in [1.807, 2.05) is 0 Å². The molecule has 2 N–H and O–H groups in total. The van der Waals surface area contributed by atoms with Crippen molar-refractivity contribution in [3.05, 3.63) is 29.3 Å². The first-order valence-electron chi connectivity index (χ1n) is 9.34. The molecule has 1 aromatic carbocycles. The lowest BCUT2D eigenvalue weighted by Gasteiger charge is -2.48. The molecule has 1 atom stereocenters. The molecule has 2 heterocycles. The number of carbonyl (C=O) groups excluding carboxylic acids is 2. The quantitative estimate of drug-likeness (QED) is 0.843. The zero-order valence-corrected chi connectivity index (χ0v) is 15.8. The van der Waals surface area contributed by atoms with Gasteiger partial charge in [-0.3, -0.25) is 9.59 Å². The number of phenols is 1. The third-order valence-corrected chi connectivity index (χ3v) is 6.17. The van der Waals surface area contributed by atoms with Crippen molar-refractivity contribution in [1.82, 2.24) is 9.80 Å². The molecule has 7 heteroatoms. The number of rotatable bonds is 3. The first kappa shape index (κ1) is 19.2. The Hall–Kier alpha value is -2.57. The molecule has 0 saturated carbocycles. The van der Waals surface area contributed by atoms with Crippen molar-refractivity contribution in [2.75, 3.05) is 19.6 Å². The summed E-state index contributed by atoms with van der Waals surface area (Å²) in [6.45, 7) is 4.84. The number of phenolic OH excluding ortho intramolecular Hbond substituents is 1. The van der Waals surface area contributed by atoms with Gasteiger partial charge in [0, 0.05) is 37.2 Å². The molecule has 27 heavy (non-hydrogen) atoms. The van der Waals surface area contributed by atoms with Crippen molar-refractivity contribution in [1.29, 1.82) is 0 Å². The maximum atomic E-state index is 12.8. The summed E-state index contributed by atoms with van der Waals surface area (Å²) in [7, 11) is 0. The Morgan fingerprint density at radius 1 is 1.19 bits per heavy atom. The highest BCUT2D eigenvalue weighted by Gasteiger charge is 2.44. The second-order valence-electron chi connectivity index (χ2n) is 7.78. The molecule has 2 fully saturated rings. The molecule has 2 aliphatic rings. The average molecular weight is 374 g/mol. The van der Waals surface area contributed by atoms with Crippen molar-refractivity contribution < 1.29 is 24.6 Å². The molecule has 0 radical (unpaired) electrons. The lowest BCUT2D eigenvalue weighted by molar-refractivity contribution is -0.154. The van der Waals surface area contributed by atoms with Crippen LogP contribution >= 0.6 is 0 Å². The van der Waals surface area contributed by atoms with Crippen molar-refractivity contribution >= 4 is 17.8 Å². The number of piperidine rings is 2. The van der Waals surface area contributed by atoms with E-state index in [-0.39, 0.29) is 23.0 Å². The minimum absolute atomic E-state index is 0.0964. The van der Waals surface area contributed by atoms with Gasteiger partial charge in [0.05, 0.1) is 0 Å². The Labute approximate surface area is 158 Å². The Morgan fingerprint density at radius 2 is 1.85 bits per heavy atom. The smallest absolute Gasteiger partial charge is 0.326 e. The van der Waals surface area contributed by atoms with Gasteiger partial charge in [-0.1, -0.05) is 6.07 Å². The van der Waals surface area contributed by atoms with Crippen molar-refractivity contribution in [2.45, 2.75) is 45.6 Å². The van der Waals surface area contributed by atoms with Crippen molar-refractivity contribution in [3.63, 3.8) is 0 Å². The number of hydrogen-bond donors (Lipinski definition) is 2. The second kappa shape index (κ2) is 7.21. The van der Waals surface area contributed by atoms with Crippen LogP contribution in [0.5, 0.6) is 5.75 Å². The van der Waals surface area contributed by atoms with E-state index >= 15 is 0 Å². The van der Waals surface area contributed by atoms with E-state index in [2.05, 4.69) is 0 Å². The van der Waals surface area contributed by atoms with E-state index in [9.17, 15) is 24.6 Å². The van der Waals surface area contributed by atoms with E-state index in [0.29, 0.717) is 37.2 Å². The topological polar surface area (TPSA) is 98.2 Å². The normalized spacial score (nSPS) is 20.6. The van der Waals surface area contributed by atoms with Crippen LogP contribution in [0.25, 0.3) is 0 Å². The Kier molecular flexibility index (Phi) is 5.13. The van der Waals surface area contributed by atoms with Crippen LogP contribution in [0.4, 0.5) is 0 Å². The highest BCUT2D eigenvalue weighted by molar-refractivity contribution is 5.96. The number of aromatic hydroxyl groups is 1. The van der Waals surface area contributed by atoms with Gasteiger partial charge < -0.3 is 20.0 Å². The number of amides is 2. The largest absolute Gasteiger partial charge is 0.508 e. The molecule has 0 aliphatic carbocycles. The Balaban J connectivity index is 1.69. The maximum absolute atomic E-state index is 12.8. The minimum Gasteiger partial charge on any atom is -0.508 e. The lowest BCUT2D eigenvalue weighted by atomic mass is 9.72. The number of carbonyl (C=O) groups is 3. The molecule has 7 nitrogen and oxygen atoms in total. The van der Waals surface area contributed by atoms with E-state index in [1.54, 1.807) is 36.9 Å². The summed E-state index contributed by atoms with van der Waals surface area (Å²) in [6.07, 6.45) is 2.58. The number of aliphatic carboxylic acids is 1. The average Bonchev–Trinajstić information content (AvgIpc) is 2.65. The maximum Gasteiger partial charge on any atom is 0.326 e. The third kappa shape index (κ3) is 3.63. The number of benzene rings is 1. The van der Waals surface area contributed by atoms with E-state index in [4.69, 9.17) is 0 Å². The van der Waals surface area contributed by atoms with E-state index < -0.39 is 12.0 Å². The molecular weight excluding hydrogens is 348 g/mol. The first-order chi connectivity index (χ1) is 12.7. The monoisotopic (exact) mass is 374 g/mol. The highest BCUT2D eigenvalue weighted by atomic mass is 16.4. The number of carboxylic acids is 1. The number of carboxylic acid groups (broad SMARTS) is 1. The molecule has 2 aliphatic heterocycles. The number of hydrogen-bond acceptors (Lipinski definition) is 4. The summed E-state index contributed by atoms with van der Waals surface area (Å²) >= 11 is 0. The van der Waals surface area contributed by atoms with E-state index in [0.717, 1.165) is 19.3 Å². The van der Waals surface area contributed by atoms with Crippen LogP contribution in [-0.2, 0) is 9.59 Å². The number of likely N-dealkylation sites (tertiary alicyclic amines) is 2. The fourth-order valence-corrected chi connectivity index (χ4v) is 4.15. The predicted octanol–water partition coefficient (Wildman–Crippen LogP) is 2.02. The molecule has 1 aromatic rings. The zero-order chi connectivity index (χ0) is 19.8. The standard InChI is InChI=1S/C20H26N2O5/c1-13-15(4-3-5-16(13)23)18(25)21-10-8-20(9-11-21)7-6-17(24)22(12-20)14(2)19(26)27/h3-5,14,23H,6-12H2,1-2H3,(H,26,27). The number of nitrogens with zero attached hydrogens (tertiary/aromatic N) is 2. The highest BCUT2D eigenvalue weighted by Crippen LogP contribution is 2.41. The SMILES string of the molecule is Cc1c(O)cccc1C(=O)N1CCC2(CCC(=O)N(C(C)C(=O)O)C2)CC1. The van der Waals surface area contributed by atoms with Gasteiger partial charge in [0.1, 0.15) is 11.8 Å². The molecule has 0 aromatic heterocycles. The zero-order valence-electron chi connectivity index (χ0n) is 15.8. The molecule has 1 unspecified atom stereocenters. The predicted molar refractivity (Wildman–Crippen MR) is 98.5 cm³/mol. The first-order valence-corrected chi connectivity index (χ1v) is 9.34. The van der Waals surface area contributed by atoms with Crippen LogP contribution in [0.15, 0.2) is 18.2 Å². The molecule has 146 valence electrons. The summed E-state index contributed by atoms with van der Waals surface area (Å²) < 4.78 is 0. The molecule has 0 bridgehead atoms. The van der Waals surface area contributed by atoms with Crippen molar-refractivity contribution in [2.24, 2.45) is 5.41 Å². The van der Waals surface area contributed by atoms with Crippen LogP contribution in [-0.4, -0.2) is 63.5 Å². The molecule has 2 amide bonds. The van der Waals surface area contributed by atoms with Gasteiger partial charge >= 0.3 is 5.97 Å². The van der Waals surface area contributed by atoms with Crippen LogP contribution < -0.4 is 0 Å². The van der Waals surface area contributed by atoms with Gasteiger partial charge in [-0.25, -0.2) is 4.79 Å². The van der Waals surface area contributed by atoms with Gasteiger partial charge in [0.25, 0.3) is 5.91 Å². The van der Waals surface area contributed by atoms with Crippen LogP contribution in [0.1, 0.15) is 48.5 Å². The Bertz CT molecular complexity index is 768. The molecule has 1 spiro atoms. The van der Waals surface area contributed by atoms with Gasteiger partial charge in [-0.05, 0) is 50.7 Å². The molecule has 2 saturated heterocycles. The van der Waals surface area contributed by atoms with Crippen LogP contribution in [0.3, 0.4) is 0 Å². The molecule has 3 rings (SSSR count). The fraction of sp³-hybridized carbons (Fsp3) is 0.550. The lowest BCUT2D eigenvalue weighted by Crippen LogP contribution is -2.55. The van der Waals surface area contributed by atoms with Gasteiger partial charge in [-0.15, -0.1) is 0 Å². The van der Waals surface area contributed by atoms with Crippen molar-refractivity contribution in [3.8, 4) is 5.75 Å². The van der Waals surface area contributed by atoms with Crippen LogP contribution in [0, 0.1) is 12.3 Å². The van der Waals surface area contributed by atoms with Crippen LogP contribution in [0.2, 0.25) is 0 Å².